The number of carbonyl (C=O) groups is 1. The van der Waals surface area contributed by atoms with Gasteiger partial charge in [0.1, 0.15) is 6.04 Å². The van der Waals surface area contributed by atoms with Crippen molar-refractivity contribution in [3.63, 3.8) is 0 Å². The van der Waals surface area contributed by atoms with Crippen LogP contribution in [0.2, 0.25) is 0 Å². The van der Waals surface area contributed by atoms with Crippen LogP contribution in [-0.2, 0) is 14.8 Å². The van der Waals surface area contributed by atoms with Gasteiger partial charge in [-0.3, -0.25) is 9.10 Å². The smallest absolute Gasteiger partial charge is 0.248 e. The minimum Gasteiger partial charge on any atom is -0.323 e. The predicted octanol–water partition coefficient (Wildman–Crippen LogP) is 4.29. The number of carbonyl (C=O) groups excluding carboxylic acids is 1. The van der Waals surface area contributed by atoms with Gasteiger partial charge in [-0.2, -0.15) is 0 Å². The maximum absolute atomic E-state index is 13.0. The number of benzene rings is 2. The molecule has 0 aliphatic carbocycles. The van der Waals surface area contributed by atoms with Gasteiger partial charge < -0.3 is 5.32 Å². The number of hydrogen-bond acceptors (Lipinski definition) is 4. The molecule has 1 atom stereocenters. The van der Waals surface area contributed by atoms with E-state index in [9.17, 15) is 13.2 Å². The average molecular weight is 407 g/mol. The van der Waals surface area contributed by atoms with Crippen LogP contribution in [0.3, 0.4) is 0 Å². The zero-order chi connectivity index (χ0) is 20.0. The lowest BCUT2D eigenvalue weighted by Crippen LogP contribution is -2.47. The fourth-order valence-corrected chi connectivity index (χ4v) is 4.86. The maximum Gasteiger partial charge on any atom is 0.248 e. The molecule has 0 saturated carbocycles. The minimum absolute atomic E-state index is 0.339. The van der Waals surface area contributed by atoms with E-state index in [4.69, 9.17) is 0 Å². The number of hydrogen-bond donors (Lipinski definition) is 1. The number of rotatable bonds is 8. The molecule has 0 radical (unpaired) electrons. The first-order valence-corrected chi connectivity index (χ1v) is 11.7. The molecule has 5 nitrogen and oxygen atoms in total. The highest BCUT2D eigenvalue weighted by Crippen LogP contribution is 2.28. The molecule has 1 N–H and O–H groups in total. The number of anilines is 2. The van der Waals surface area contributed by atoms with Gasteiger partial charge in [0.2, 0.25) is 15.9 Å². The van der Waals surface area contributed by atoms with E-state index < -0.39 is 16.1 Å². The molecular formula is C20H26N2O3S2. The number of para-hydroxylation sites is 1. The van der Waals surface area contributed by atoms with Gasteiger partial charge in [0.15, 0.2) is 0 Å². The van der Waals surface area contributed by atoms with E-state index in [1.165, 1.54) is 4.31 Å². The van der Waals surface area contributed by atoms with Crippen molar-refractivity contribution in [2.75, 3.05) is 21.6 Å². The van der Waals surface area contributed by atoms with Crippen LogP contribution >= 0.6 is 11.8 Å². The zero-order valence-corrected chi connectivity index (χ0v) is 17.7. The van der Waals surface area contributed by atoms with Gasteiger partial charge in [0, 0.05) is 4.90 Å². The van der Waals surface area contributed by atoms with Crippen molar-refractivity contribution in [2.45, 2.75) is 38.1 Å². The predicted molar refractivity (Wildman–Crippen MR) is 114 cm³/mol. The maximum atomic E-state index is 13.0. The van der Waals surface area contributed by atoms with Gasteiger partial charge in [-0.05, 0) is 48.9 Å². The second-order valence-corrected chi connectivity index (χ2v) is 9.41. The Hall–Kier alpha value is -1.99. The molecule has 0 spiro atoms. The molecular weight excluding hydrogens is 380 g/mol. The second-order valence-electron chi connectivity index (χ2n) is 6.24. The molecule has 7 heteroatoms. The zero-order valence-electron chi connectivity index (χ0n) is 16.1. The van der Waals surface area contributed by atoms with Crippen LogP contribution in [0.15, 0.2) is 53.4 Å². The molecule has 146 valence electrons. The molecule has 0 aromatic heterocycles. The lowest BCUT2D eigenvalue weighted by atomic mass is 10.1. The molecule has 0 heterocycles. The first-order chi connectivity index (χ1) is 12.8. The topological polar surface area (TPSA) is 66.5 Å². The Morgan fingerprint density at radius 1 is 1.15 bits per heavy atom. The number of sulfonamides is 1. The molecule has 0 saturated heterocycles. The van der Waals surface area contributed by atoms with Crippen molar-refractivity contribution in [2.24, 2.45) is 0 Å². The fourth-order valence-electron chi connectivity index (χ4n) is 2.89. The molecule has 27 heavy (non-hydrogen) atoms. The Bertz CT molecular complexity index is 898. The van der Waals surface area contributed by atoms with Crippen LogP contribution in [0.1, 0.15) is 25.8 Å². The van der Waals surface area contributed by atoms with E-state index in [1.54, 1.807) is 30.0 Å². The second kappa shape index (κ2) is 9.28. The summed E-state index contributed by atoms with van der Waals surface area (Å²) in [6, 6.07) is 13.9. The third-order valence-electron chi connectivity index (χ3n) is 4.03. The number of nitrogens with one attached hydrogen (secondary N) is 1. The van der Waals surface area contributed by atoms with Crippen LogP contribution in [0, 0.1) is 6.92 Å². The van der Waals surface area contributed by atoms with E-state index in [0.717, 1.165) is 22.5 Å². The summed E-state index contributed by atoms with van der Waals surface area (Å²) in [5.41, 5.74) is 2.13. The van der Waals surface area contributed by atoms with Gasteiger partial charge in [-0.25, -0.2) is 8.42 Å². The Morgan fingerprint density at radius 3 is 2.44 bits per heavy atom. The lowest BCUT2D eigenvalue weighted by Gasteiger charge is -2.30. The Balaban J connectivity index is 2.38. The SMILES string of the molecule is CCSc1ccccc1NC(=O)[C@@H](CC)N(c1cccc(C)c1)S(C)(=O)=O. The minimum atomic E-state index is -3.64. The monoisotopic (exact) mass is 406 g/mol. The number of nitrogens with zero attached hydrogens (tertiary/aromatic N) is 1. The van der Waals surface area contributed by atoms with E-state index >= 15 is 0 Å². The number of amides is 1. The van der Waals surface area contributed by atoms with Crippen LogP contribution in [0.5, 0.6) is 0 Å². The number of thioether (sulfide) groups is 1. The largest absolute Gasteiger partial charge is 0.323 e. The molecule has 0 unspecified atom stereocenters. The fraction of sp³-hybridized carbons (Fsp3) is 0.350. The summed E-state index contributed by atoms with van der Waals surface area (Å²) >= 11 is 1.63. The molecule has 2 aromatic rings. The summed E-state index contributed by atoms with van der Waals surface area (Å²) in [5.74, 6) is 0.539. The average Bonchev–Trinajstić information content (AvgIpc) is 2.60. The summed E-state index contributed by atoms with van der Waals surface area (Å²) in [4.78, 5) is 14.0. The van der Waals surface area contributed by atoms with Gasteiger partial charge >= 0.3 is 0 Å². The summed E-state index contributed by atoms with van der Waals surface area (Å²) in [7, 11) is -3.64. The molecule has 0 aliphatic rings. The summed E-state index contributed by atoms with van der Waals surface area (Å²) in [6.07, 6.45) is 1.49. The van der Waals surface area contributed by atoms with Crippen molar-refractivity contribution in [3.8, 4) is 0 Å². The summed E-state index contributed by atoms with van der Waals surface area (Å²) < 4.78 is 26.2. The normalized spacial score (nSPS) is 12.4. The van der Waals surface area contributed by atoms with Crippen LogP contribution in [0.25, 0.3) is 0 Å². The lowest BCUT2D eigenvalue weighted by molar-refractivity contribution is -0.117. The molecule has 2 aromatic carbocycles. The van der Waals surface area contributed by atoms with Gasteiger partial charge in [0.25, 0.3) is 0 Å². The Morgan fingerprint density at radius 2 is 1.85 bits per heavy atom. The highest BCUT2D eigenvalue weighted by Gasteiger charge is 2.31. The molecule has 2 rings (SSSR count). The number of aryl methyl sites for hydroxylation is 1. The quantitative estimate of drug-likeness (QED) is 0.664. The molecule has 0 aliphatic heterocycles. The Labute approximate surface area is 166 Å². The van der Waals surface area contributed by atoms with Crippen LogP contribution < -0.4 is 9.62 Å². The van der Waals surface area contributed by atoms with Gasteiger partial charge in [-0.15, -0.1) is 11.8 Å². The standard InChI is InChI=1S/C20H26N2O3S2/c1-5-18(20(23)21-17-12-7-8-13-19(17)26-6-2)22(27(4,24)25)16-11-9-10-15(3)14-16/h7-14,18H,5-6H2,1-4H3,(H,21,23)/t18-/m1/s1. The first kappa shape index (κ1) is 21.3. The van der Waals surface area contributed by atoms with Crippen molar-refractivity contribution in [1.29, 1.82) is 0 Å². The van der Waals surface area contributed by atoms with Crippen molar-refractivity contribution in [3.05, 3.63) is 54.1 Å². The Kier molecular flexibility index (Phi) is 7.33. The molecule has 0 bridgehead atoms. The first-order valence-electron chi connectivity index (χ1n) is 8.86. The van der Waals surface area contributed by atoms with Crippen molar-refractivity contribution < 1.29 is 13.2 Å². The van der Waals surface area contributed by atoms with Crippen LogP contribution in [-0.4, -0.2) is 32.4 Å². The van der Waals surface area contributed by atoms with Crippen molar-refractivity contribution in [1.82, 2.24) is 0 Å². The highest BCUT2D eigenvalue weighted by molar-refractivity contribution is 7.99. The summed E-state index contributed by atoms with van der Waals surface area (Å²) in [6.45, 7) is 5.75. The highest BCUT2D eigenvalue weighted by atomic mass is 32.2. The summed E-state index contributed by atoms with van der Waals surface area (Å²) in [5, 5.41) is 2.92. The van der Waals surface area contributed by atoms with E-state index in [1.807, 2.05) is 51.1 Å². The van der Waals surface area contributed by atoms with Gasteiger partial charge in [0.05, 0.1) is 17.6 Å². The third kappa shape index (κ3) is 5.49. The van der Waals surface area contributed by atoms with Crippen LogP contribution in [0.4, 0.5) is 11.4 Å². The van der Waals surface area contributed by atoms with E-state index in [-0.39, 0.29) is 5.91 Å². The van der Waals surface area contributed by atoms with Crippen molar-refractivity contribution >= 4 is 39.1 Å². The van der Waals surface area contributed by atoms with E-state index in [2.05, 4.69) is 5.32 Å². The van der Waals surface area contributed by atoms with E-state index in [0.29, 0.717) is 17.8 Å². The third-order valence-corrected chi connectivity index (χ3v) is 6.17. The molecule has 0 fully saturated rings. The molecule has 1 amide bonds. The van der Waals surface area contributed by atoms with Gasteiger partial charge in [-0.1, -0.05) is 38.1 Å².